The fraction of sp³-hybridized carbons (Fsp3) is 0.273. The third-order valence-corrected chi connectivity index (χ3v) is 6.34. The van der Waals surface area contributed by atoms with E-state index in [9.17, 15) is 22.8 Å². The molecule has 4 aromatic rings. The Morgan fingerprint density at radius 1 is 1.03 bits per heavy atom. The van der Waals surface area contributed by atoms with Gasteiger partial charge in [0.15, 0.2) is 5.82 Å². The van der Waals surface area contributed by atoms with Gasteiger partial charge in [-0.05, 0) is 37.1 Å². The highest BCUT2D eigenvalue weighted by molar-refractivity contribution is 6.33. The lowest BCUT2D eigenvalue weighted by Gasteiger charge is -2.34. The first-order chi connectivity index (χ1) is 16.2. The van der Waals surface area contributed by atoms with Gasteiger partial charge < -0.3 is 9.88 Å². The third-order valence-electron chi connectivity index (χ3n) is 5.99. The maximum absolute atomic E-state index is 12.8. The number of para-hydroxylation sites is 2. The molecular weight excluding hydrogens is 473 g/mol. The van der Waals surface area contributed by atoms with Crippen molar-refractivity contribution in [1.29, 1.82) is 0 Å². The number of pyridine rings is 1. The Hall–Kier alpha value is -3.60. The van der Waals surface area contributed by atoms with E-state index >= 15 is 0 Å². The van der Waals surface area contributed by atoms with Crippen LogP contribution in [0.3, 0.4) is 0 Å². The summed E-state index contributed by atoms with van der Waals surface area (Å²) in [4.78, 5) is 33.8. The maximum atomic E-state index is 12.8. The first-order valence-corrected chi connectivity index (χ1v) is 10.9. The second-order valence-electron chi connectivity index (χ2n) is 8.00. The van der Waals surface area contributed by atoms with Gasteiger partial charge in [0, 0.05) is 25.3 Å². The van der Waals surface area contributed by atoms with Crippen molar-refractivity contribution in [3.05, 3.63) is 80.2 Å². The molecule has 5 rings (SSSR count). The molecule has 0 amide bonds. The second-order valence-corrected chi connectivity index (χ2v) is 8.38. The molecule has 0 bridgehead atoms. The number of aromatic nitrogens is 5. The summed E-state index contributed by atoms with van der Waals surface area (Å²) in [5.74, 6) is -0.0659. The molecule has 0 radical (unpaired) electrons. The molecule has 1 aliphatic rings. The summed E-state index contributed by atoms with van der Waals surface area (Å²) in [5.41, 5.74) is 0.288. The van der Waals surface area contributed by atoms with Crippen LogP contribution < -0.4 is 16.1 Å². The first-order valence-electron chi connectivity index (χ1n) is 10.5. The largest absolute Gasteiger partial charge is 0.417 e. The minimum Gasteiger partial charge on any atom is -0.369 e. The molecule has 8 nitrogen and oxygen atoms in total. The highest BCUT2D eigenvalue weighted by Gasteiger charge is 2.31. The van der Waals surface area contributed by atoms with Gasteiger partial charge >= 0.3 is 11.9 Å². The van der Waals surface area contributed by atoms with Crippen LogP contribution in [0.15, 0.2) is 58.4 Å². The molecule has 0 saturated carbocycles. The Kier molecular flexibility index (Phi) is 5.43. The molecule has 0 atom stereocenters. The van der Waals surface area contributed by atoms with E-state index in [0.29, 0.717) is 37.8 Å². The van der Waals surface area contributed by atoms with E-state index in [1.165, 1.54) is 6.20 Å². The number of imidazole rings is 1. The lowest BCUT2D eigenvalue weighted by Crippen LogP contribution is -2.38. The molecule has 176 valence electrons. The number of piperidine rings is 1. The Labute approximate surface area is 195 Å². The highest BCUT2D eigenvalue weighted by Crippen LogP contribution is 2.31. The number of rotatable bonds is 3. The van der Waals surface area contributed by atoms with Gasteiger partial charge in [-0.15, -0.1) is 0 Å². The molecule has 12 heteroatoms. The van der Waals surface area contributed by atoms with Crippen molar-refractivity contribution in [2.45, 2.75) is 25.1 Å². The normalized spacial score (nSPS) is 15.2. The van der Waals surface area contributed by atoms with Crippen LogP contribution in [0.25, 0.3) is 16.9 Å². The zero-order valence-electron chi connectivity index (χ0n) is 17.6. The van der Waals surface area contributed by atoms with Crippen molar-refractivity contribution in [1.82, 2.24) is 24.3 Å². The van der Waals surface area contributed by atoms with Crippen LogP contribution in [0.1, 0.15) is 24.4 Å². The number of aromatic amines is 1. The Bertz CT molecular complexity index is 1470. The van der Waals surface area contributed by atoms with Crippen LogP contribution in [0.2, 0.25) is 5.02 Å². The Morgan fingerprint density at radius 2 is 1.76 bits per heavy atom. The lowest BCUT2D eigenvalue weighted by atomic mass is 10.0. The molecule has 1 saturated heterocycles. The highest BCUT2D eigenvalue weighted by atomic mass is 35.5. The number of hydrogen-bond donors (Lipinski definition) is 1. The zero-order valence-corrected chi connectivity index (χ0v) is 18.3. The summed E-state index contributed by atoms with van der Waals surface area (Å²) in [7, 11) is 0. The fourth-order valence-corrected chi connectivity index (χ4v) is 4.54. The average Bonchev–Trinajstić information content (AvgIpc) is 3.16. The molecule has 1 aliphatic heterocycles. The van der Waals surface area contributed by atoms with Crippen LogP contribution in [0.4, 0.5) is 18.9 Å². The van der Waals surface area contributed by atoms with Gasteiger partial charge in [0.1, 0.15) is 5.02 Å². The van der Waals surface area contributed by atoms with Crippen LogP contribution in [0, 0.1) is 0 Å². The van der Waals surface area contributed by atoms with Crippen LogP contribution >= 0.6 is 11.6 Å². The molecule has 34 heavy (non-hydrogen) atoms. The predicted octanol–water partition coefficient (Wildman–Crippen LogP) is 3.78. The molecule has 0 unspecified atom stereocenters. The summed E-state index contributed by atoms with van der Waals surface area (Å²) in [5, 5.41) is 3.98. The molecule has 1 aromatic carbocycles. The van der Waals surface area contributed by atoms with E-state index in [2.05, 4.69) is 15.1 Å². The minimum atomic E-state index is -4.53. The third kappa shape index (κ3) is 3.85. The number of anilines is 1. The molecule has 4 heterocycles. The number of nitrogens with one attached hydrogen (secondary N) is 1. The second kappa shape index (κ2) is 8.32. The minimum absolute atomic E-state index is 0.0108. The summed E-state index contributed by atoms with van der Waals surface area (Å²) in [6, 6.07) is 9.38. The topological polar surface area (TPSA) is 88.8 Å². The van der Waals surface area contributed by atoms with Gasteiger partial charge in [-0.1, -0.05) is 23.7 Å². The smallest absolute Gasteiger partial charge is 0.369 e. The van der Waals surface area contributed by atoms with Crippen LogP contribution in [-0.4, -0.2) is 37.4 Å². The molecule has 3 aromatic heterocycles. The van der Waals surface area contributed by atoms with Crippen molar-refractivity contribution in [2.75, 3.05) is 18.0 Å². The number of fused-ring (bicyclic) bond motifs is 1. The number of nitrogens with zero attached hydrogens (tertiary/aromatic N) is 5. The van der Waals surface area contributed by atoms with E-state index in [1.54, 1.807) is 4.57 Å². The SMILES string of the molecule is O=c1c(Cl)c(N2CCC(n3c(=O)[nH]c4ccccc43)CC2)cnn1-c1ccc(C(F)(F)F)cn1. The van der Waals surface area contributed by atoms with Gasteiger partial charge in [-0.3, -0.25) is 9.36 Å². The Balaban J connectivity index is 1.36. The fourth-order valence-electron chi connectivity index (χ4n) is 4.29. The molecular formula is C22H18ClF3N6O2. The van der Waals surface area contributed by atoms with Crippen molar-refractivity contribution in [3.63, 3.8) is 0 Å². The van der Waals surface area contributed by atoms with E-state index in [4.69, 9.17) is 11.6 Å². The predicted molar refractivity (Wildman–Crippen MR) is 121 cm³/mol. The first kappa shape index (κ1) is 22.2. The summed E-state index contributed by atoms with van der Waals surface area (Å²) in [6.07, 6.45) is -1.18. The van der Waals surface area contributed by atoms with Crippen molar-refractivity contribution >= 4 is 28.3 Å². The van der Waals surface area contributed by atoms with Gasteiger partial charge in [0.05, 0.1) is 28.5 Å². The van der Waals surface area contributed by atoms with E-state index in [0.717, 1.165) is 27.8 Å². The van der Waals surface area contributed by atoms with E-state index in [-0.39, 0.29) is 22.6 Å². The number of H-pyrrole nitrogens is 1. The summed E-state index contributed by atoms with van der Waals surface area (Å²) < 4.78 is 40.9. The van der Waals surface area contributed by atoms with E-state index < -0.39 is 17.3 Å². The monoisotopic (exact) mass is 490 g/mol. The van der Waals surface area contributed by atoms with Crippen molar-refractivity contribution in [2.24, 2.45) is 0 Å². The zero-order chi connectivity index (χ0) is 24.0. The number of benzene rings is 1. The van der Waals surface area contributed by atoms with E-state index in [1.807, 2.05) is 29.2 Å². The lowest BCUT2D eigenvalue weighted by molar-refractivity contribution is -0.137. The summed E-state index contributed by atoms with van der Waals surface area (Å²) in [6.45, 7) is 1.08. The quantitative estimate of drug-likeness (QED) is 0.472. The average molecular weight is 491 g/mol. The standard InChI is InChI=1S/C22H18ClF3N6O2/c23-19-17(12-28-32(20(19)33)18-6-5-13(11-27-18)22(24,25)26)30-9-7-14(8-10-30)31-16-4-2-1-3-15(16)29-21(31)34/h1-6,11-12,14H,7-10H2,(H,29,34). The van der Waals surface area contributed by atoms with Gasteiger partial charge in [0.25, 0.3) is 5.56 Å². The van der Waals surface area contributed by atoms with Gasteiger partial charge in [0.2, 0.25) is 0 Å². The number of hydrogen-bond acceptors (Lipinski definition) is 5. The summed E-state index contributed by atoms with van der Waals surface area (Å²) >= 11 is 6.34. The van der Waals surface area contributed by atoms with Gasteiger partial charge in [-0.2, -0.15) is 23.0 Å². The maximum Gasteiger partial charge on any atom is 0.417 e. The molecule has 1 fully saturated rings. The van der Waals surface area contributed by atoms with Gasteiger partial charge in [-0.25, -0.2) is 9.78 Å². The Morgan fingerprint density at radius 3 is 2.44 bits per heavy atom. The van der Waals surface area contributed by atoms with Crippen LogP contribution in [0.5, 0.6) is 0 Å². The van der Waals surface area contributed by atoms with Crippen LogP contribution in [-0.2, 0) is 6.18 Å². The van der Waals surface area contributed by atoms with Crippen molar-refractivity contribution in [3.8, 4) is 5.82 Å². The van der Waals surface area contributed by atoms with Crippen molar-refractivity contribution < 1.29 is 13.2 Å². The molecule has 1 N–H and O–H groups in total. The number of alkyl halides is 3. The molecule has 0 spiro atoms. The number of halogens is 4. The molecule has 0 aliphatic carbocycles.